The lowest BCUT2D eigenvalue weighted by molar-refractivity contribution is -0.120. The molecule has 2 rings (SSSR count). The van der Waals surface area contributed by atoms with Crippen LogP contribution in [-0.2, 0) is 4.79 Å². The Kier molecular flexibility index (Phi) is 5.23. The highest BCUT2D eigenvalue weighted by atomic mass is 35.5. The van der Waals surface area contributed by atoms with E-state index < -0.39 is 0 Å². The van der Waals surface area contributed by atoms with Gasteiger partial charge in [0.15, 0.2) is 0 Å². The fourth-order valence-electron chi connectivity index (χ4n) is 2.09. The molecular weight excluding hydrogens is 260 g/mol. The van der Waals surface area contributed by atoms with Crippen molar-refractivity contribution in [3.63, 3.8) is 0 Å². The zero-order valence-electron chi connectivity index (χ0n) is 11.3. The van der Waals surface area contributed by atoms with E-state index >= 15 is 0 Å². The molecule has 1 amide bonds. The Hall–Kier alpha value is -1.06. The van der Waals surface area contributed by atoms with Gasteiger partial charge in [-0.3, -0.25) is 4.79 Å². The summed E-state index contributed by atoms with van der Waals surface area (Å²) < 4.78 is 0. The van der Waals surface area contributed by atoms with E-state index in [4.69, 9.17) is 11.6 Å². The molecule has 0 bridgehead atoms. The van der Waals surface area contributed by atoms with Gasteiger partial charge in [0.2, 0.25) is 5.91 Å². The zero-order chi connectivity index (χ0) is 13.7. The lowest BCUT2D eigenvalue weighted by atomic mass is 10.0. The van der Waals surface area contributed by atoms with Gasteiger partial charge in [-0.2, -0.15) is 0 Å². The first-order valence-corrected chi connectivity index (χ1v) is 7.35. The molecule has 1 unspecified atom stereocenters. The van der Waals surface area contributed by atoms with Gasteiger partial charge in [0.1, 0.15) is 0 Å². The maximum absolute atomic E-state index is 11.7. The summed E-state index contributed by atoms with van der Waals surface area (Å²) in [6.07, 6.45) is 4.34. The Bertz CT molecular complexity index is 415. The van der Waals surface area contributed by atoms with Gasteiger partial charge in [0, 0.05) is 17.1 Å². The van der Waals surface area contributed by atoms with Crippen LogP contribution in [0.2, 0.25) is 5.02 Å². The highest BCUT2D eigenvalue weighted by Gasteiger charge is 2.23. The third-order valence-electron chi connectivity index (χ3n) is 3.30. The number of benzene rings is 1. The molecule has 1 aromatic carbocycles. The smallest absolute Gasteiger partial charge is 0.234 e. The quantitative estimate of drug-likeness (QED) is 0.806. The predicted octanol–water partition coefficient (Wildman–Crippen LogP) is 3.05. The summed E-state index contributed by atoms with van der Waals surface area (Å²) in [6.45, 7) is 2.53. The van der Waals surface area contributed by atoms with Crippen molar-refractivity contribution in [3.8, 4) is 0 Å². The third-order valence-corrected chi connectivity index (χ3v) is 3.55. The van der Waals surface area contributed by atoms with Crippen LogP contribution >= 0.6 is 11.6 Å². The Labute approximate surface area is 119 Å². The van der Waals surface area contributed by atoms with Crippen LogP contribution in [0, 0.1) is 0 Å². The Morgan fingerprint density at radius 1 is 1.37 bits per heavy atom. The maximum Gasteiger partial charge on any atom is 0.234 e. The monoisotopic (exact) mass is 280 g/mol. The van der Waals surface area contributed by atoms with E-state index in [0.717, 1.165) is 30.7 Å². The summed E-state index contributed by atoms with van der Waals surface area (Å²) in [5.41, 5.74) is 1.19. The Balaban J connectivity index is 1.87. The highest BCUT2D eigenvalue weighted by Crippen LogP contribution is 2.21. The Morgan fingerprint density at radius 3 is 2.63 bits per heavy atom. The first kappa shape index (κ1) is 14.4. The van der Waals surface area contributed by atoms with Gasteiger partial charge in [0.25, 0.3) is 0 Å². The van der Waals surface area contributed by atoms with Crippen LogP contribution in [0.15, 0.2) is 24.3 Å². The lowest BCUT2D eigenvalue weighted by Gasteiger charge is -2.18. The summed E-state index contributed by atoms with van der Waals surface area (Å²) in [6, 6.07) is 8.47. The van der Waals surface area contributed by atoms with Crippen molar-refractivity contribution >= 4 is 17.5 Å². The predicted molar refractivity (Wildman–Crippen MR) is 78.3 cm³/mol. The molecule has 0 spiro atoms. The minimum Gasteiger partial charge on any atom is -0.352 e. The average Bonchev–Trinajstić information content (AvgIpc) is 3.19. The molecule has 0 radical (unpaired) electrons. The summed E-state index contributed by atoms with van der Waals surface area (Å²) >= 11 is 5.90. The van der Waals surface area contributed by atoms with Crippen LogP contribution in [0.25, 0.3) is 0 Å². The van der Waals surface area contributed by atoms with Gasteiger partial charge < -0.3 is 10.6 Å². The molecule has 4 heteroatoms. The lowest BCUT2D eigenvalue weighted by Crippen LogP contribution is -2.36. The van der Waals surface area contributed by atoms with Gasteiger partial charge in [-0.1, -0.05) is 37.1 Å². The van der Waals surface area contributed by atoms with Crippen LogP contribution in [0.3, 0.4) is 0 Å². The Morgan fingerprint density at radius 2 is 2.05 bits per heavy atom. The van der Waals surface area contributed by atoms with Crippen molar-refractivity contribution in [2.24, 2.45) is 0 Å². The summed E-state index contributed by atoms with van der Waals surface area (Å²) in [5.74, 6) is 0.0950. The van der Waals surface area contributed by atoms with Gasteiger partial charge >= 0.3 is 0 Å². The summed E-state index contributed by atoms with van der Waals surface area (Å²) in [4.78, 5) is 11.7. The largest absolute Gasteiger partial charge is 0.352 e. The molecule has 2 N–H and O–H groups in total. The van der Waals surface area contributed by atoms with Crippen molar-refractivity contribution < 1.29 is 4.79 Å². The fourth-order valence-corrected chi connectivity index (χ4v) is 2.22. The molecule has 1 atom stereocenters. The second-order valence-electron chi connectivity index (χ2n) is 5.12. The zero-order valence-corrected chi connectivity index (χ0v) is 12.0. The minimum absolute atomic E-state index is 0.0950. The molecule has 19 heavy (non-hydrogen) atoms. The van der Waals surface area contributed by atoms with Crippen LogP contribution in [0.4, 0.5) is 0 Å². The number of amides is 1. The molecule has 0 aliphatic heterocycles. The van der Waals surface area contributed by atoms with Crippen molar-refractivity contribution in [2.45, 2.75) is 44.7 Å². The molecule has 0 heterocycles. The number of rotatable bonds is 7. The number of carbonyl (C=O) groups excluding carboxylic acids is 1. The van der Waals surface area contributed by atoms with Gasteiger partial charge in [-0.05, 0) is 37.0 Å². The van der Waals surface area contributed by atoms with Crippen molar-refractivity contribution in [3.05, 3.63) is 34.9 Å². The first-order chi connectivity index (χ1) is 9.19. The molecule has 1 aliphatic carbocycles. The van der Waals surface area contributed by atoms with Gasteiger partial charge in [0.05, 0.1) is 6.54 Å². The number of hydrogen-bond donors (Lipinski definition) is 2. The van der Waals surface area contributed by atoms with Gasteiger partial charge in [-0.15, -0.1) is 0 Å². The van der Waals surface area contributed by atoms with E-state index in [1.807, 2.05) is 24.3 Å². The van der Waals surface area contributed by atoms with Crippen molar-refractivity contribution in [1.82, 2.24) is 10.6 Å². The van der Waals surface area contributed by atoms with Crippen LogP contribution in [0.1, 0.15) is 44.2 Å². The molecule has 1 saturated carbocycles. The average molecular weight is 281 g/mol. The molecule has 104 valence electrons. The normalized spacial score (nSPS) is 16.1. The minimum atomic E-state index is 0.0950. The molecule has 1 aliphatic rings. The van der Waals surface area contributed by atoms with E-state index in [2.05, 4.69) is 17.6 Å². The maximum atomic E-state index is 11.7. The SMILES string of the molecule is CCCC(NCC(=O)NC1CC1)c1ccc(Cl)cc1. The van der Waals surface area contributed by atoms with E-state index in [9.17, 15) is 4.79 Å². The fraction of sp³-hybridized carbons (Fsp3) is 0.533. The number of halogens is 1. The third kappa shape index (κ3) is 4.84. The topological polar surface area (TPSA) is 41.1 Å². The second kappa shape index (κ2) is 6.92. The summed E-state index contributed by atoms with van der Waals surface area (Å²) in [7, 11) is 0. The molecule has 0 aromatic heterocycles. The standard InChI is InChI=1S/C15H21ClN2O/c1-2-3-14(11-4-6-12(16)7-5-11)17-10-15(19)18-13-8-9-13/h4-7,13-14,17H,2-3,8-10H2,1H3,(H,18,19). The van der Waals surface area contributed by atoms with Crippen LogP contribution in [0.5, 0.6) is 0 Å². The van der Waals surface area contributed by atoms with Crippen LogP contribution < -0.4 is 10.6 Å². The number of carbonyl (C=O) groups is 1. The molecule has 1 fully saturated rings. The second-order valence-corrected chi connectivity index (χ2v) is 5.55. The van der Waals surface area contributed by atoms with E-state index in [0.29, 0.717) is 12.6 Å². The number of nitrogens with one attached hydrogen (secondary N) is 2. The molecule has 0 saturated heterocycles. The van der Waals surface area contributed by atoms with E-state index in [-0.39, 0.29) is 11.9 Å². The molecular formula is C15H21ClN2O. The van der Waals surface area contributed by atoms with E-state index in [1.54, 1.807) is 0 Å². The molecule has 1 aromatic rings. The number of hydrogen-bond acceptors (Lipinski definition) is 2. The van der Waals surface area contributed by atoms with Crippen LogP contribution in [-0.4, -0.2) is 18.5 Å². The van der Waals surface area contributed by atoms with Gasteiger partial charge in [-0.25, -0.2) is 0 Å². The molecule has 3 nitrogen and oxygen atoms in total. The van der Waals surface area contributed by atoms with E-state index in [1.165, 1.54) is 5.56 Å². The first-order valence-electron chi connectivity index (χ1n) is 6.97. The summed E-state index contributed by atoms with van der Waals surface area (Å²) in [5, 5.41) is 7.06. The highest BCUT2D eigenvalue weighted by molar-refractivity contribution is 6.30. The van der Waals surface area contributed by atoms with Crippen molar-refractivity contribution in [1.29, 1.82) is 0 Å². The van der Waals surface area contributed by atoms with Crippen molar-refractivity contribution in [2.75, 3.05) is 6.54 Å².